The number of hydrogen-bond acceptors (Lipinski definition) is 3. The Labute approximate surface area is 137 Å². The fraction of sp³-hybridized carbons (Fsp3) is 0.769. The van der Waals surface area contributed by atoms with E-state index >= 15 is 0 Å². The maximum Gasteiger partial charge on any atom is 0.194 e. The topological polar surface area (TPSA) is 58.3 Å². The SMILES string of the molecule is CN=C(NCc1nncn1C)N1CCC2(CCC2)C1.I. The molecule has 1 aliphatic heterocycles. The Hall–Kier alpha value is -0.860. The van der Waals surface area contributed by atoms with Gasteiger partial charge in [-0.3, -0.25) is 4.99 Å². The van der Waals surface area contributed by atoms with Crippen molar-refractivity contribution in [2.75, 3.05) is 20.1 Å². The minimum atomic E-state index is 0. The maximum absolute atomic E-state index is 4.40. The second kappa shape index (κ2) is 6.28. The molecule has 0 amide bonds. The Kier molecular flexibility index (Phi) is 4.87. The van der Waals surface area contributed by atoms with Crippen molar-refractivity contribution in [2.24, 2.45) is 17.5 Å². The highest BCUT2D eigenvalue weighted by Crippen LogP contribution is 2.47. The molecule has 7 heteroatoms. The van der Waals surface area contributed by atoms with Crippen LogP contribution >= 0.6 is 24.0 Å². The summed E-state index contributed by atoms with van der Waals surface area (Å²) in [6, 6.07) is 0. The summed E-state index contributed by atoms with van der Waals surface area (Å²) in [5.74, 6) is 1.92. The van der Waals surface area contributed by atoms with Crippen molar-refractivity contribution in [2.45, 2.75) is 32.2 Å². The minimum absolute atomic E-state index is 0. The van der Waals surface area contributed by atoms with Crippen LogP contribution < -0.4 is 5.32 Å². The summed E-state index contributed by atoms with van der Waals surface area (Å²) >= 11 is 0. The Balaban J connectivity index is 0.00000147. The van der Waals surface area contributed by atoms with Crippen LogP contribution in [0, 0.1) is 5.41 Å². The zero-order chi connectivity index (χ0) is 13.3. The number of guanidine groups is 1. The number of aliphatic imine (C=N–C) groups is 1. The van der Waals surface area contributed by atoms with E-state index in [4.69, 9.17) is 0 Å². The lowest BCUT2D eigenvalue weighted by atomic mass is 9.68. The highest BCUT2D eigenvalue weighted by Gasteiger charge is 2.43. The van der Waals surface area contributed by atoms with Crippen LogP contribution in [0.1, 0.15) is 31.5 Å². The second-order valence-electron chi connectivity index (χ2n) is 5.78. The van der Waals surface area contributed by atoms with Crippen LogP contribution in [0.3, 0.4) is 0 Å². The van der Waals surface area contributed by atoms with Gasteiger partial charge in [-0.25, -0.2) is 0 Å². The van der Waals surface area contributed by atoms with E-state index < -0.39 is 0 Å². The van der Waals surface area contributed by atoms with Crippen molar-refractivity contribution < 1.29 is 0 Å². The lowest BCUT2D eigenvalue weighted by Crippen LogP contribution is -2.42. The zero-order valence-corrected chi connectivity index (χ0v) is 14.5. The molecular formula is C13H23IN6. The van der Waals surface area contributed by atoms with E-state index in [0.717, 1.165) is 24.9 Å². The molecule has 1 N–H and O–H groups in total. The second-order valence-corrected chi connectivity index (χ2v) is 5.78. The summed E-state index contributed by atoms with van der Waals surface area (Å²) < 4.78 is 1.93. The zero-order valence-electron chi connectivity index (χ0n) is 12.2. The normalized spacial score (nSPS) is 20.7. The standard InChI is InChI=1S/C13H22N6.HI/c1-14-12(15-8-11-17-16-10-18(11)2)19-7-6-13(9-19)4-3-5-13;/h10H,3-9H2,1-2H3,(H,14,15);1H. The first-order valence-electron chi connectivity index (χ1n) is 7.01. The first-order chi connectivity index (χ1) is 9.22. The minimum Gasteiger partial charge on any atom is -0.349 e. The van der Waals surface area contributed by atoms with Crippen molar-refractivity contribution in [3.63, 3.8) is 0 Å². The van der Waals surface area contributed by atoms with Gasteiger partial charge in [0.05, 0.1) is 6.54 Å². The van der Waals surface area contributed by atoms with E-state index in [1.807, 2.05) is 18.7 Å². The molecular weight excluding hydrogens is 367 g/mol. The maximum atomic E-state index is 4.40. The highest BCUT2D eigenvalue weighted by molar-refractivity contribution is 14.0. The Morgan fingerprint density at radius 3 is 2.75 bits per heavy atom. The number of rotatable bonds is 2. The van der Waals surface area contributed by atoms with Crippen molar-refractivity contribution in [1.82, 2.24) is 25.0 Å². The molecule has 1 spiro atoms. The number of nitrogens with zero attached hydrogens (tertiary/aromatic N) is 5. The van der Waals surface area contributed by atoms with Gasteiger partial charge in [0, 0.05) is 27.2 Å². The number of aryl methyl sites for hydroxylation is 1. The Morgan fingerprint density at radius 1 is 1.45 bits per heavy atom. The molecule has 20 heavy (non-hydrogen) atoms. The molecule has 0 unspecified atom stereocenters. The molecule has 6 nitrogen and oxygen atoms in total. The van der Waals surface area contributed by atoms with Crippen molar-refractivity contribution in [3.05, 3.63) is 12.2 Å². The summed E-state index contributed by atoms with van der Waals surface area (Å²) in [6.45, 7) is 2.96. The molecule has 112 valence electrons. The van der Waals surface area contributed by atoms with Gasteiger partial charge in [0.15, 0.2) is 11.8 Å². The molecule has 0 bridgehead atoms. The van der Waals surface area contributed by atoms with Crippen LogP contribution in [0.2, 0.25) is 0 Å². The molecule has 1 saturated carbocycles. The first-order valence-corrected chi connectivity index (χ1v) is 7.01. The molecule has 1 aromatic rings. The predicted octanol–water partition coefficient (Wildman–Crippen LogP) is 1.38. The molecule has 0 atom stereocenters. The van der Waals surface area contributed by atoms with Crippen molar-refractivity contribution in [1.29, 1.82) is 0 Å². The summed E-state index contributed by atoms with van der Waals surface area (Å²) in [4.78, 5) is 6.78. The lowest BCUT2D eigenvalue weighted by Gasteiger charge is -2.38. The summed E-state index contributed by atoms with van der Waals surface area (Å²) in [5, 5.41) is 11.4. The number of hydrogen-bond donors (Lipinski definition) is 1. The molecule has 2 aliphatic rings. The van der Waals surface area contributed by atoms with Crippen molar-refractivity contribution >= 4 is 29.9 Å². The van der Waals surface area contributed by atoms with E-state index in [9.17, 15) is 0 Å². The van der Waals surface area contributed by atoms with Gasteiger partial charge in [0.2, 0.25) is 0 Å². The third kappa shape index (κ3) is 2.91. The van der Waals surface area contributed by atoms with Gasteiger partial charge in [-0.15, -0.1) is 34.2 Å². The number of halogens is 1. The van der Waals surface area contributed by atoms with Gasteiger partial charge in [-0.2, -0.15) is 0 Å². The van der Waals surface area contributed by atoms with Gasteiger partial charge in [-0.1, -0.05) is 6.42 Å². The van der Waals surface area contributed by atoms with E-state index in [0.29, 0.717) is 12.0 Å². The van der Waals surface area contributed by atoms with Crippen LogP contribution in [-0.4, -0.2) is 45.8 Å². The first kappa shape index (κ1) is 15.5. The van der Waals surface area contributed by atoms with Crippen LogP contribution in [-0.2, 0) is 13.6 Å². The Morgan fingerprint density at radius 2 is 2.25 bits per heavy atom. The van der Waals surface area contributed by atoms with Crippen LogP contribution in [0.5, 0.6) is 0 Å². The summed E-state index contributed by atoms with van der Waals surface area (Å²) in [5.41, 5.74) is 0.600. The molecule has 2 heterocycles. The van der Waals surface area contributed by atoms with Crippen molar-refractivity contribution in [3.8, 4) is 0 Å². The monoisotopic (exact) mass is 390 g/mol. The number of aromatic nitrogens is 3. The molecule has 1 saturated heterocycles. The van der Waals surface area contributed by atoms with Gasteiger partial charge >= 0.3 is 0 Å². The van der Waals surface area contributed by atoms with E-state index in [-0.39, 0.29) is 24.0 Å². The van der Waals surface area contributed by atoms with Gasteiger partial charge in [0.25, 0.3) is 0 Å². The number of nitrogens with one attached hydrogen (secondary N) is 1. The molecule has 1 aromatic heterocycles. The van der Waals surface area contributed by atoms with E-state index in [1.165, 1.54) is 25.7 Å². The Bertz CT molecular complexity index is 479. The molecule has 0 radical (unpaired) electrons. The molecule has 2 fully saturated rings. The quantitative estimate of drug-likeness (QED) is 0.471. The fourth-order valence-electron chi connectivity index (χ4n) is 3.16. The molecule has 3 rings (SSSR count). The summed E-state index contributed by atoms with van der Waals surface area (Å²) in [6.07, 6.45) is 7.23. The van der Waals surface area contributed by atoms with Gasteiger partial charge in [0.1, 0.15) is 6.33 Å². The predicted molar refractivity (Wildman–Crippen MR) is 89.1 cm³/mol. The summed E-state index contributed by atoms with van der Waals surface area (Å²) in [7, 11) is 3.81. The van der Waals surface area contributed by atoms with E-state index in [2.05, 4.69) is 25.4 Å². The van der Waals surface area contributed by atoms with Gasteiger partial charge in [-0.05, 0) is 24.7 Å². The lowest BCUT2D eigenvalue weighted by molar-refractivity contribution is 0.151. The van der Waals surface area contributed by atoms with E-state index in [1.54, 1.807) is 6.33 Å². The third-order valence-electron chi connectivity index (χ3n) is 4.57. The smallest absolute Gasteiger partial charge is 0.194 e. The highest BCUT2D eigenvalue weighted by atomic mass is 127. The number of likely N-dealkylation sites (tertiary alicyclic amines) is 1. The van der Waals surface area contributed by atoms with Crippen LogP contribution in [0.25, 0.3) is 0 Å². The van der Waals surface area contributed by atoms with Crippen LogP contribution in [0.15, 0.2) is 11.3 Å². The average Bonchev–Trinajstić information content (AvgIpc) is 2.97. The average molecular weight is 390 g/mol. The van der Waals surface area contributed by atoms with Crippen LogP contribution in [0.4, 0.5) is 0 Å². The molecule has 1 aliphatic carbocycles. The van der Waals surface area contributed by atoms with Gasteiger partial charge < -0.3 is 14.8 Å². The largest absolute Gasteiger partial charge is 0.349 e. The third-order valence-corrected chi connectivity index (χ3v) is 4.57. The molecule has 0 aromatic carbocycles. The fourth-order valence-corrected chi connectivity index (χ4v) is 3.16.